The smallest absolute Gasteiger partial charge is 0.207 e. The van der Waals surface area contributed by atoms with Crippen LogP contribution < -0.4 is 0 Å². The van der Waals surface area contributed by atoms with Gasteiger partial charge in [0.1, 0.15) is 5.69 Å². The molecule has 0 saturated heterocycles. The highest BCUT2D eigenvalue weighted by Gasteiger charge is 2.19. The number of imidazole rings is 1. The molecule has 0 radical (unpaired) electrons. The number of terminal acetylenes is 1. The number of carbonyl (C=O) groups is 1. The molecule has 0 bridgehead atoms. The Morgan fingerprint density at radius 1 is 1.59 bits per heavy atom. The Balaban J connectivity index is 2.33. The molecule has 3 nitrogen and oxygen atoms in total. The van der Waals surface area contributed by atoms with Crippen molar-refractivity contribution in [3.8, 4) is 12.3 Å². The highest BCUT2D eigenvalue weighted by Crippen LogP contribution is 2.27. The van der Waals surface area contributed by atoms with E-state index in [9.17, 15) is 4.79 Å². The molecule has 86 valence electrons. The highest BCUT2D eigenvalue weighted by molar-refractivity contribution is 6.32. The number of ketones is 1. The van der Waals surface area contributed by atoms with Gasteiger partial charge in [0.25, 0.3) is 0 Å². The van der Waals surface area contributed by atoms with E-state index in [0.29, 0.717) is 29.1 Å². The van der Waals surface area contributed by atoms with Crippen LogP contribution in [0.2, 0.25) is 0 Å². The van der Waals surface area contributed by atoms with Gasteiger partial charge in [-0.05, 0) is 18.9 Å². The second kappa shape index (κ2) is 4.60. The summed E-state index contributed by atoms with van der Waals surface area (Å²) in [5.74, 6) is 2.49. The number of allylic oxidation sites excluding steroid dienone is 4. The lowest BCUT2D eigenvalue weighted by Gasteiger charge is -2.12. The van der Waals surface area contributed by atoms with Crippen LogP contribution in [0.4, 0.5) is 0 Å². The van der Waals surface area contributed by atoms with Gasteiger partial charge in [-0.1, -0.05) is 17.5 Å². The van der Waals surface area contributed by atoms with E-state index in [1.807, 2.05) is 0 Å². The van der Waals surface area contributed by atoms with E-state index in [1.165, 1.54) is 0 Å². The summed E-state index contributed by atoms with van der Waals surface area (Å²) in [4.78, 5) is 16.1. The summed E-state index contributed by atoms with van der Waals surface area (Å²) in [5.41, 5.74) is 2.00. The molecule has 0 fully saturated rings. The summed E-state index contributed by atoms with van der Waals surface area (Å²) in [5, 5.41) is 0.490. The van der Waals surface area contributed by atoms with Crippen LogP contribution in [0.1, 0.15) is 23.3 Å². The first kappa shape index (κ1) is 11.7. The topological polar surface area (TPSA) is 34.9 Å². The van der Waals surface area contributed by atoms with Crippen LogP contribution in [-0.2, 0) is 7.05 Å². The third-order valence-electron chi connectivity index (χ3n) is 2.75. The van der Waals surface area contributed by atoms with Gasteiger partial charge in [-0.2, -0.15) is 0 Å². The second-order valence-corrected chi connectivity index (χ2v) is 4.27. The lowest BCUT2D eigenvalue weighted by molar-refractivity contribution is 0.102. The predicted molar refractivity (Wildman–Crippen MR) is 66.6 cm³/mol. The normalized spacial score (nSPS) is 15.5. The van der Waals surface area contributed by atoms with Crippen LogP contribution >= 0.6 is 11.6 Å². The molecule has 1 aliphatic carbocycles. The van der Waals surface area contributed by atoms with Gasteiger partial charge in [0.15, 0.2) is 0 Å². The number of hydrogen-bond donors (Lipinski definition) is 0. The Labute approximate surface area is 105 Å². The van der Waals surface area contributed by atoms with Gasteiger partial charge >= 0.3 is 0 Å². The van der Waals surface area contributed by atoms with Gasteiger partial charge in [-0.3, -0.25) is 4.79 Å². The molecular formula is C13H11ClN2O. The molecule has 0 spiro atoms. The van der Waals surface area contributed by atoms with Gasteiger partial charge in [0, 0.05) is 18.2 Å². The Morgan fingerprint density at radius 3 is 2.88 bits per heavy atom. The van der Waals surface area contributed by atoms with Crippen molar-refractivity contribution in [2.24, 2.45) is 7.05 Å². The van der Waals surface area contributed by atoms with E-state index in [-0.39, 0.29) is 5.78 Å². The fourth-order valence-electron chi connectivity index (χ4n) is 1.75. The Bertz CT molecular complexity index is 572. The summed E-state index contributed by atoms with van der Waals surface area (Å²) < 4.78 is 1.69. The maximum Gasteiger partial charge on any atom is 0.207 e. The van der Waals surface area contributed by atoms with Gasteiger partial charge in [0.05, 0.1) is 17.6 Å². The minimum Gasteiger partial charge on any atom is -0.331 e. The van der Waals surface area contributed by atoms with Crippen LogP contribution in [0, 0.1) is 12.3 Å². The number of nitrogens with zero attached hydrogens (tertiary/aromatic N) is 2. The summed E-state index contributed by atoms with van der Waals surface area (Å²) in [6.45, 7) is 0. The molecule has 0 aliphatic heterocycles. The van der Waals surface area contributed by atoms with Crippen molar-refractivity contribution in [2.45, 2.75) is 12.8 Å². The molecule has 0 saturated carbocycles. The van der Waals surface area contributed by atoms with Crippen LogP contribution in [-0.4, -0.2) is 15.3 Å². The van der Waals surface area contributed by atoms with Gasteiger partial charge in [-0.25, -0.2) is 4.98 Å². The molecule has 2 rings (SSSR count). The largest absolute Gasteiger partial charge is 0.331 e. The quantitative estimate of drug-likeness (QED) is 0.594. The fraction of sp³-hybridized carbons (Fsp3) is 0.231. The Morgan fingerprint density at radius 2 is 2.35 bits per heavy atom. The van der Waals surface area contributed by atoms with E-state index < -0.39 is 0 Å². The Hall–Kier alpha value is -1.79. The minimum absolute atomic E-state index is 0.0424. The predicted octanol–water partition coefficient (Wildman–Crippen LogP) is 2.45. The van der Waals surface area contributed by atoms with Gasteiger partial charge < -0.3 is 4.57 Å². The molecule has 0 N–H and O–H groups in total. The third kappa shape index (κ3) is 2.17. The first-order valence-corrected chi connectivity index (χ1v) is 5.58. The van der Waals surface area contributed by atoms with Crippen molar-refractivity contribution in [3.05, 3.63) is 40.5 Å². The molecule has 0 aromatic carbocycles. The minimum atomic E-state index is -0.0424. The van der Waals surface area contributed by atoms with Crippen LogP contribution in [0.5, 0.6) is 0 Å². The Kier molecular flexibility index (Phi) is 3.16. The molecule has 0 unspecified atom stereocenters. The number of rotatable bonds is 2. The standard InChI is InChI=1S/C13H11ClN2O/c1-3-9-4-5-10(6-11(9)14)13(17)12-7-15-8-16(12)2/h1,6-8H,4-5H2,2H3. The van der Waals surface area contributed by atoms with Crippen LogP contribution in [0.25, 0.3) is 0 Å². The number of halogens is 1. The first-order chi connectivity index (χ1) is 8.13. The SMILES string of the molecule is C#CC1=C(Cl)C=C(C(=O)c2cncn2C)CC1. The van der Waals surface area contributed by atoms with Gasteiger partial charge in [-0.15, -0.1) is 6.42 Å². The number of Topliss-reactive ketones (excluding diaryl/α,β-unsaturated/α-hetero) is 1. The van der Waals surface area contributed by atoms with Crippen molar-refractivity contribution < 1.29 is 4.79 Å². The van der Waals surface area contributed by atoms with Crippen molar-refractivity contribution in [1.82, 2.24) is 9.55 Å². The number of aryl methyl sites for hydroxylation is 1. The molecule has 1 aromatic heterocycles. The first-order valence-electron chi connectivity index (χ1n) is 5.20. The van der Waals surface area contributed by atoms with Crippen molar-refractivity contribution in [3.63, 3.8) is 0 Å². The summed E-state index contributed by atoms with van der Waals surface area (Å²) >= 11 is 6.01. The molecule has 0 atom stereocenters. The molecule has 1 heterocycles. The zero-order chi connectivity index (χ0) is 12.4. The molecule has 0 amide bonds. The van der Waals surface area contributed by atoms with Gasteiger partial charge in [0.2, 0.25) is 5.78 Å². The number of carbonyl (C=O) groups excluding carboxylic acids is 1. The lowest BCUT2D eigenvalue weighted by atomic mass is 9.95. The average molecular weight is 247 g/mol. The van der Waals surface area contributed by atoms with Crippen molar-refractivity contribution in [1.29, 1.82) is 0 Å². The van der Waals surface area contributed by atoms with E-state index in [4.69, 9.17) is 18.0 Å². The molecule has 17 heavy (non-hydrogen) atoms. The fourth-order valence-corrected chi connectivity index (χ4v) is 2.03. The third-order valence-corrected chi connectivity index (χ3v) is 3.09. The zero-order valence-electron chi connectivity index (χ0n) is 9.40. The van der Waals surface area contributed by atoms with E-state index in [0.717, 1.165) is 5.57 Å². The van der Waals surface area contributed by atoms with E-state index in [2.05, 4.69) is 10.9 Å². The molecule has 4 heteroatoms. The maximum absolute atomic E-state index is 12.2. The summed E-state index contributed by atoms with van der Waals surface area (Å²) in [7, 11) is 1.79. The molecular weight excluding hydrogens is 236 g/mol. The average Bonchev–Trinajstić information content (AvgIpc) is 2.74. The highest BCUT2D eigenvalue weighted by atomic mass is 35.5. The molecule has 1 aromatic rings. The zero-order valence-corrected chi connectivity index (χ0v) is 10.2. The number of aromatic nitrogens is 2. The lowest BCUT2D eigenvalue weighted by Crippen LogP contribution is -2.10. The van der Waals surface area contributed by atoms with E-state index in [1.54, 1.807) is 30.2 Å². The van der Waals surface area contributed by atoms with Crippen LogP contribution in [0.3, 0.4) is 0 Å². The van der Waals surface area contributed by atoms with Crippen molar-refractivity contribution in [2.75, 3.05) is 0 Å². The van der Waals surface area contributed by atoms with Crippen LogP contribution in [0.15, 0.2) is 34.8 Å². The monoisotopic (exact) mass is 246 g/mol. The second-order valence-electron chi connectivity index (χ2n) is 3.86. The van der Waals surface area contributed by atoms with Crippen molar-refractivity contribution >= 4 is 17.4 Å². The molecule has 1 aliphatic rings. The summed E-state index contributed by atoms with van der Waals surface area (Å²) in [6.07, 6.45) is 11.4. The summed E-state index contributed by atoms with van der Waals surface area (Å²) in [6, 6.07) is 0. The van der Waals surface area contributed by atoms with E-state index >= 15 is 0 Å². The maximum atomic E-state index is 12.2. The number of hydrogen-bond acceptors (Lipinski definition) is 2.